The first-order valence-electron chi connectivity index (χ1n) is 9.76. The SMILES string of the molecule is COC(=O)c1ccc(Cl)c(NC(=O)CN(c2ccc(Cl)cc2)S(=O)(=O)c2ccc(OC)cc2)c1. The van der Waals surface area contributed by atoms with Gasteiger partial charge in [0.2, 0.25) is 5.91 Å². The van der Waals surface area contributed by atoms with Crippen molar-refractivity contribution in [3.05, 3.63) is 82.3 Å². The molecule has 0 saturated carbocycles. The summed E-state index contributed by atoms with van der Waals surface area (Å²) in [6.45, 7) is -0.575. The van der Waals surface area contributed by atoms with Crippen molar-refractivity contribution in [2.24, 2.45) is 0 Å². The van der Waals surface area contributed by atoms with Crippen LogP contribution in [0.2, 0.25) is 10.0 Å². The van der Waals surface area contributed by atoms with Crippen LogP contribution >= 0.6 is 23.2 Å². The molecule has 178 valence electrons. The zero-order valence-electron chi connectivity index (χ0n) is 18.1. The Balaban J connectivity index is 1.94. The second-order valence-electron chi connectivity index (χ2n) is 6.90. The number of carbonyl (C=O) groups is 2. The zero-order chi connectivity index (χ0) is 24.9. The minimum absolute atomic E-state index is 0.0400. The predicted molar refractivity (Wildman–Crippen MR) is 130 cm³/mol. The third-order valence-electron chi connectivity index (χ3n) is 4.71. The molecule has 8 nitrogen and oxygen atoms in total. The second kappa shape index (κ2) is 10.8. The Hall–Kier alpha value is -3.27. The van der Waals surface area contributed by atoms with Crippen molar-refractivity contribution < 1.29 is 27.5 Å². The molecule has 0 heterocycles. The number of nitrogens with zero attached hydrogens (tertiary/aromatic N) is 1. The van der Waals surface area contributed by atoms with Gasteiger partial charge in [0.15, 0.2) is 0 Å². The molecule has 0 atom stereocenters. The highest BCUT2D eigenvalue weighted by molar-refractivity contribution is 7.92. The Morgan fingerprint density at radius 1 is 0.941 bits per heavy atom. The Bertz CT molecular complexity index is 1300. The van der Waals surface area contributed by atoms with E-state index in [2.05, 4.69) is 10.1 Å². The van der Waals surface area contributed by atoms with Crippen LogP contribution in [0.1, 0.15) is 10.4 Å². The van der Waals surface area contributed by atoms with Gasteiger partial charge in [-0.1, -0.05) is 23.2 Å². The first-order chi connectivity index (χ1) is 16.1. The number of benzene rings is 3. The number of amides is 1. The fourth-order valence-electron chi connectivity index (χ4n) is 2.98. The van der Waals surface area contributed by atoms with Crippen molar-refractivity contribution in [3.63, 3.8) is 0 Å². The maximum Gasteiger partial charge on any atom is 0.337 e. The first kappa shape index (κ1) is 25.4. The van der Waals surface area contributed by atoms with Crippen LogP contribution in [-0.4, -0.2) is 41.1 Å². The summed E-state index contributed by atoms with van der Waals surface area (Å²) in [7, 11) is -1.46. The van der Waals surface area contributed by atoms with E-state index in [1.54, 1.807) is 0 Å². The molecule has 1 amide bonds. The van der Waals surface area contributed by atoms with Gasteiger partial charge in [-0.2, -0.15) is 0 Å². The summed E-state index contributed by atoms with van der Waals surface area (Å²) < 4.78 is 37.6. The van der Waals surface area contributed by atoms with E-state index in [4.69, 9.17) is 27.9 Å². The number of hydrogen-bond donors (Lipinski definition) is 1. The molecule has 0 spiro atoms. The Morgan fingerprint density at radius 2 is 1.59 bits per heavy atom. The van der Waals surface area contributed by atoms with Gasteiger partial charge in [0.25, 0.3) is 10.0 Å². The van der Waals surface area contributed by atoms with E-state index in [9.17, 15) is 18.0 Å². The largest absolute Gasteiger partial charge is 0.497 e. The lowest BCUT2D eigenvalue weighted by Gasteiger charge is -2.24. The molecule has 0 unspecified atom stereocenters. The fraction of sp³-hybridized carbons (Fsp3) is 0.130. The van der Waals surface area contributed by atoms with E-state index in [1.807, 2.05) is 0 Å². The molecule has 34 heavy (non-hydrogen) atoms. The van der Waals surface area contributed by atoms with Crippen molar-refractivity contribution in [1.29, 1.82) is 0 Å². The fourth-order valence-corrected chi connectivity index (χ4v) is 4.70. The number of methoxy groups -OCH3 is 2. The van der Waals surface area contributed by atoms with E-state index < -0.39 is 28.4 Å². The van der Waals surface area contributed by atoms with Gasteiger partial charge in [-0.25, -0.2) is 13.2 Å². The van der Waals surface area contributed by atoms with Gasteiger partial charge < -0.3 is 14.8 Å². The van der Waals surface area contributed by atoms with Gasteiger partial charge in [0, 0.05) is 5.02 Å². The van der Waals surface area contributed by atoms with Gasteiger partial charge in [0.1, 0.15) is 12.3 Å². The smallest absolute Gasteiger partial charge is 0.337 e. The highest BCUT2D eigenvalue weighted by Gasteiger charge is 2.27. The summed E-state index contributed by atoms with van der Waals surface area (Å²) in [5.74, 6) is -0.817. The van der Waals surface area contributed by atoms with Crippen molar-refractivity contribution >= 4 is 56.5 Å². The van der Waals surface area contributed by atoms with Gasteiger partial charge >= 0.3 is 5.97 Å². The maximum atomic E-state index is 13.4. The summed E-state index contributed by atoms with van der Waals surface area (Å²) >= 11 is 12.1. The van der Waals surface area contributed by atoms with Crippen molar-refractivity contribution in [2.45, 2.75) is 4.90 Å². The average Bonchev–Trinajstić information content (AvgIpc) is 2.84. The number of carbonyl (C=O) groups excluding carboxylic acids is 2. The van der Waals surface area contributed by atoms with E-state index in [-0.39, 0.29) is 26.9 Å². The standard InChI is InChI=1S/C23H20Cl2N2O6S/c1-32-18-8-10-19(11-9-18)34(30,31)27(17-6-4-16(24)5-7-17)14-22(28)26-21-13-15(23(29)33-2)3-12-20(21)25/h3-13H,14H2,1-2H3,(H,26,28). The number of nitrogens with one attached hydrogen (secondary N) is 1. The summed E-state index contributed by atoms with van der Waals surface area (Å²) in [5, 5.41) is 3.12. The number of esters is 1. The third kappa shape index (κ3) is 5.80. The lowest BCUT2D eigenvalue weighted by atomic mass is 10.2. The van der Waals surface area contributed by atoms with Crippen LogP contribution in [0.4, 0.5) is 11.4 Å². The Labute approximate surface area is 207 Å². The molecule has 0 saturated heterocycles. The lowest BCUT2D eigenvalue weighted by Crippen LogP contribution is -2.38. The normalized spacial score (nSPS) is 10.9. The van der Waals surface area contributed by atoms with Gasteiger partial charge in [-0.3, -0.25) is 9.10 Å². The molecular formula is C23H20Cl2N2O6S. The van der Waals surface area contributed by atoms with Crippen molar-refractivity contribution in [2.75, 3.05) is 30.4 Å². The van der Waals surface area contributed by atoms with Crippen molar-refractivity contribution in [3.8, 4) is 5.75 Å². The molecule has 0 aliphatic rings. The quantitative estimate of drug-likeness (QED) is 0.433. The third-order valence-corrected chi connectivity index (χ3v) is 7.08. The highest BCUT2D eigenvalue weighted by Crippen LogP contribution is 2.28. The van der Waals surface area contributed by atoms with Crippen LogP contribution in [0.5, 0.6) is 5.75 Å². The van der Waals surface area contributed by atoms with Gasteiger partial charge in [0.05, 0.1) is 41.1 Å². The number of sulfonamides is 1. The summed E-state index contributed by atoms with van der Waals surface area (Å²) in [6, 6.07) is 16.0. The molecule has 0 bridgehead atoms. The average molecular weight is 523 g/mol. The minimum Gasteiger partial charge on any atom is -0.497 e. The molecular weight excluding hydrogens is 503 g/mol. The molecule has 1 N–H and O–H groups in total. The van der Waals surface area contributed by atoms with Gasteiger partial charge in [-0.15, -0.1) is 0 Å². The molecule has 0 aliphatic carbocycles. The second-order valence-corrected chi connectivity index (χ2v) is 9.60. The number of halogens is 2. The number of rotatable bonds is 8. The zero-order valence-corrected chi connectivity index (χ0v) is 20.4. The molecule has 0 aliphatic heterocycles. The molecule has 0 aromatic heterocycles. The van der Waals surface area contributed by atoms with Crippen LogP contribution in [0.15, 0.2) is 71.6 Å². The summed E-state index contributed by atoms with van der Waals surface area (Å²) in [4.78, 5) is 24.7. The van der Waals surface area contributed by atoms with E-state index in [0.29, 0.717) is 10.8 Å². The topological polar surface area (TPSA) is 102 Å². The molecule has 3 aromatic rings. The minimum atomic E-state index is -4.15. The first-order valence-corrected chi connectivity index (χ1v) is 12.0. The lowest BCUT2D eigenvalue weighted by molar-refractivity contribution is -0.114. The summed E-state index contributed by atoms with van der Waals surface area (Å²) in [5.41, 5.74) is 0.528. The monoisotopic (exact) mass is 522 g/mol. The van der Waals surface area contributed by atoms with Gasteiger partial charge in [-0.05, 0) is 66.7 Å². The van der Waals surface area contributed by atoms with Crippen LogP contribution in [0, 0.1) is 0 Å². The molecule has 3 rings (SSSR count). The Morgan fingerprint density at radius 3 is 2.18 bits per heavy atom. The van der Waals surface area contributed by atoms with Crippen LogP contribution < -0.4 is 14.4 Å². The van der Waals surface area contributed by atoms with E-state index >= 15 is 0 Å². The molecule has 0 radical (unpaired) electrons. The van der Waals surface area contributed by atoms with Crippen molar-refractivity contribution in [1.82, 2.24) is 0 Å². The number of hydrogen-bond acceptors (Lipinski definition) is 6. The van der Waals surface area contributed by atoms with Crippen LogP contribution in [0.25, 0.3) is 0 Å². The Kier molecular flexibility index (Phi) is 8.03. The molecule has 11 heteroatoms. The van der Waals surface area contributed by atoms with Crippen LogP contribution in [0.3, 0.4) is 0 Å². The number of anilines is 2. The molecule has 3 aromatic carbocycles. The maximum absolute atomic E-state index is 13.4. The predicted octanol–water partition coefficient (Wildman–Crippen LogP) is 4.62. The molecule has 0 fully saturated rings. The van der Waals surface area contributed by atoms with Crippen LogP contribution in [-0.2, 0) is 19.6 Å². The number of ether oxygens (including phenoxy) is 2. The highest BCUT2D eigenvalue weighted by atomic mass is 35.5. The van der Waals surface area contributed by atoms with E-state index in [0.717, 1.165) is 4.31 Å². The summed E-state index contributed by atoms with van der Waals surface area (Å²) in [6.07, 6.45) is 0. The van der Waals surface area contributed by atoms with E-state index in [1.165, 1.54) is 80.9 Å².